The van der Waals surface area contributed by atoms with E-state index in [1.165, 1.54) is 17.3 Å². The number of rotatable bonds is 7. The van der Waals surface area contributed by atoms with Crippen molar-refractivity contribution in [1.82, 2.24) is 15.2 Å². The molecule has 3 rings (SSSR count). The summed E-state index contributed by atoms with van der Waals surface area (Å²) in [6.07, 6.45) is 0. The van der Waals surface area contributed by atoms with E-state index in [1.807, 2.05) is 30.3 Å². The number of amides is 1. The van der Waals surface area contributed by atoms with Crippen molar-refractivity contribution in [3.63, 3.8) is 0 Å². The molecule has 1 amide bonds. The van der Waals surface area contributed by atoms with Crippen molar-refractivity contribution in [3.8, 4) is 5.75 Å². The summed E-state index contributed by atoms with van der Waals surface area (Å²) < 4.78 is 5.76. The van der Waals surface area contributed by atoms with Crippen LogP contribution in [-0.4, -0.2) is 26.7 Å². The third-order valence-corrected chi connectivity index (χ3v) is 4.81. The Morgan fingerprint density at radius 3 is 2.59 bits per heavy atom. The number of aromatic nitrogens is 3. The normalized spacial score (nSPS) is 11.2. The Kier molecular flexibility index (Phi) is 6.03. The zero-order valence-corrected chi connectivity index (χ0v) is 16.5. The lowest BCUT2D eigenvalue weighted by Gasteiger charge is -2.24. The van der Waals surface area contributed by atoms with Gasteiger partial charge in [0.05, 0.1) is 0 Å². The van der Waals surface area contributed by atoms with Gasteiger partial charge >= 0.3 is 0 Å². The Labute approximate surface area is 166 Å². The number of hydrogen-bond donors (Lipinski definition) is 2. The van der Waals surface area contributed by atoms with Crippen LogP contribution < -0.4 is 10.1 Å². The second-order valence-electron chi connectivity index (χ2n) is 6.26. The Morgan fingerprint density at radius 2 is 1.89 bits per heavy atom. The topological polar surface area (TPSA) is 79.9 Å². The number of benzene rings is 2. The number of thioether (sulfide) groups is 1. The van der Waals surface area contributed by atoms with E-state index in [0.29, 0.717) is 15.9 Å². The highest BCUT2D eigenvalue weighted by Gasteiger charge is 2.30. The van der Waals surface area contributed by atoms with E-state index in [2.05, 4.69) is 20.5 Å². The molecule has 0 saturated heterocycles. The molecule has 0 saturated carbocycles. The van der Waals surface area contributed by atoms with E-state index in [1.54, 1.807) is 38.1 Å². The average Bonchev–Trinajstić information content (AvgIpc) is 3.10. The molecule has 0 radical (unpaired) electrons. The lowest BCUT2D eigenvalue weighted by molar-refractivity contribution is -0.128. The van der Waals surface area contributed by atoms with Gasteiger partial charge in [-0.05, 0) is 43.7 Å². The SMILES string of the molecule is CC(C)(Oc1ccc(Cl)cc1)C(=O)Nc1nc(SCc2ccccc2)n[nH]1. The van der Waals surface area contributed by atoms with Crippen LogP contribution in [0.15, 0.2) is 59.8 Å². The van der Waals surface area contributed by atoms with Crippen LogP contribution in [0.2, 0.25) is 5.02 Å². The van der Waals surface area contributed by atoms with Crippen molar-refractivity contribution in [2.45, 2.75) is 30.4 Å². The van der Waals surface area contributed by atoms with Crippen LogP contribution in [-0.2, 0) is 10.5 Å². The highest BCUT2D eigenvalue weighted by molar-refractivity contribution is 7.98. The van der Waals surface area contributed by atoms with Crippen LogP contribution in [0.25, 0.3) is 0 Å². The number of nitrogens with one attached hydrogen (secondary N) is 2. The number of carbonyl (C=O) groups is 1. The highest BCUT2D eigenvalue weighted by atomic mass is 35.5. The molecule has 1 heterocycles. The average molecular weight is 403 g/mol. The maximum Gasteiger partial charge on any atom is 0.270 e. The molecule has 0 fully saturated rings. The van der Waals surface area contributed by atoms with Crippen LogP contribution in [0.5, 0.6) is 5.75 Å². The summed E-state index contributed by atoms with van der Waals surface area (Å²) >= 11 is 7.35. The molecule has 0 unspecified atom stereocenters. The predicted octanol–water partition coefficient (Wildman–Crippen LogP) is 4.55. The summed E-state index contributed by atoms with van der Waals surface area (Å²) in [5.41, 5.74) is 0.0770. The van der Waals surface area contributed by atoms with Gasteiger partial charge in [0.25, 0.3) is 5.91 Å². The first-order valence-corrected chi connectivity index (χ1v) is 9.64. The van der Waals surface area contributed by atoms with E-state index in [0.717, 1.165) is 5.75 Å². The van der Waals surface area contributed by atoms with Gasteiger partial charge in [0.1, 0.15) is 5.75 Å². The number of H-pyrrole nitrogens is 1. The molecule has 0 spiro atoms. The number of anilines is 1. The van der Waals surface area contributed by atoms with Crippen LogP contribution in [0.3, 0.4) is 0 Å². The van der Waals surface area contributed by atoms with Crippen molar-refractivity contribution in [3.05, 3.63) is 65.2 Å². The van der Waals surface area contributed by atoms with E-state index in [9.17, 15) is 4.79 Å². The van der Waals surface area contributed by atoms with Crippen molar-refractivity contribution in [2.75, 3.05) is 5.32 Å². The van der Waals surface area contributed by atoms with Crippen molar-refractivity contribution in [2.24, 2.45) is 0 Å². The fourth-order valence-electron chi connectivity index (χ4n) is 2.19. The maximum absolute atomic E-state index is 12.5. The van der Waals surface area contributed by atoms with Gasteiger partial charge in [-0.3, -0.25) is 10.1 Å². The zero-order valence-electron chi connectivity index (χ0n) is 14.9. The van der Waals surface area contributed by atoms with Crippen LogP contribution in [0.1, 0.15) is 19.4 Å². The van der Waals surface area contributed by atoms with Gasteiger partial charge in [-0.2, -0.15) is 4.98 Å². The Morgan fingerprint density at radius 1 is 1.19 bits per heavy atom. The van der Waals surface area contributed by atoms with E-state index < -0.39 is 5.60 Å². The lowest BCUT2D eigenvalue weighted by atomic mass is 10.1. The molecule has 0 aliphatic carbocycles. The number of hydrogen-bond acceptors (Lipinski definition) is 5. The summed E-state index contributed by atoms with van der Waals surface area (Å²) in [5, 5.41) is 10.7. The van der Waals surface area contributed by atoms with Gasteiger partial charge in [-0.25, -0.2) is 5.10 Å². The molecule has 2 aromatic carbocycles. The molecule has 0 bridgehead atoms. The largest absolute Gasteiger partial charge is 0.478 e. The molecule has 140 valence electrons. The van der Waals surface area contributed by atoms with Crippen LogP contribution >= 0.6 is 23.4 Å². The molecule has 8 heteroatoms. The third kappa shape index (κ3) is 5.48. The molecule has 6 nitrogen and oxygen atoms in total. The molecule has 0 atom stereocenters. The van der Waals surface area contributed by atoms with Gasteiger partial charge in [-0.1, -0.05) is 53.7 Å². The molecule has 3 aromatic rings. The maximum atomic E-state index is 12.5. The minimum atomic E-state index is -1.10. The third-order valence-electron chi connectivity index (χ3n) is 3.64. The summed E-state index contributed by atoms with van der Waals surface area (Å²) in [5.74, 6) is 1.24. The monoisotopic (exact) mass is 402 g/mol. The molecule has 0 aliphatic rings. The summed E-state index contributed by atoms with van der Waals surface area (Å²) in [6.45, 7) is 3.36. The van der Waals surface area contributed by atoms with E-state index in [-0.39, 0.29) is 11.9 Å². The molecular weight excluding hydrogens is 384 g/mol. The lowest BCUT2D eigenvalue weighted by Crippen LogP contribution is -2.42. The summed E-state index contributed by atoms with van der Waals surface area (Å²) in [4.78, 5) is 16.8. The Bertz CT molecular complexity index is 898. The quantitative estimate of drug-likeness (QED) is 0.567. The highest BCUT2D eigenvalue weighted by Crippen LogP contribution is 2.23. The van der Waals surface area contributed by atoms with Crippen molar-refractivity contribution < 1.29 is 9.53 Å². The minimum Gasteiger partial charge on any atom is -0.478 e. The molecule has 0 aliphatic heterocycles. The Hall–Kier alpha value is -2.51. The van der Waals surface area contributed by atoms with Crippen LogP contribution in [0, 0.1) is 0 Å². The first kappa shape index (κ1) is 19.3. The minimum absolute atomic E-state index is 0.281. The van der Waals surface area contributed by atoms with Crippen molar-refractivity contribution in [1.29, 1.82) is 0 Å². The van der Waals surface area contributed by atoms with Gasteiger partial charge in [0.2, 0.25) is 11.1 Å². The second kappa shape index (κ2) is 8.45. The molecular formula is C19H19ClN4O2S. The molecule has 1 aromatic heterocycles. The standard InChI is InChI=1S/C19H19ClN4O2S/c1-19(2,26-15-10-8-14(20)9-11-15)16(25)21-17-22-18(24-23-17)27-12-13-6-4-3-5-7-13/h3-11H,12H2,1-2H3,(H2,21,22,23,24,25). The first-order valence-electron chi connectivity index (χ1n) is 8.27. The fourth-order valence-corrected chi connectivity index (χ4v) is 3.07. The number of aromatic amines is 1. The van der Waals surface area contributed by atoms with Crippen LogP contribution in [0.4, 0.5) is 5.95 Å². The molecule has 2 N–H and O–H groups in total. The molecule has 27 heavy (non-hydrogen) atoms. The fraction of sp³-hybridized carbons (Fsp3) is 0.211. The second-order valence-corrected chi connectivity index (χ2v) is 7.64. The van der Waals surface area contributed by atoms with E-state index in [4.69, 9.17) is 16.3 Å². The Balaban J connectivity index is 1.57. The van der Waals surface area contributed by atoms with Gasteiger partial charge in [-0.15, -0.1) is 5.10 Å². The van der Waals surface area contributed by atoms with Gasteiger partial charge in [0, 0.05) is 10.8 Å². The zero-order chi connectivity index (χ0) is 19.3. The smallest absolute Gasteiger partial charge is 0.270 e. The number of nitrogens with zero attached hydrogens (tertiary/aromatic N) is 2. The van der Waals surface area contributed by atoms with Gasteiger partial charge in [0.15, 0.2) is 5.60 Å². The number of carbonyl (C=O) groups excluding carboxylic acids is 1. The summed E-state index contributed by atoms with van der Waals surface area (Å²) in [7, 11) is 0. The van der Waals surface area contributed by atoms with E-state index >= 15 is 0 Å². The van der Waals surface area contributed by atoms with Crippen molar-refractivity contribution >= 4 is 35.2 Å². The predicted molar refractivity (Wildman–Crippen MR) is 107 cm³/mol. The number of halogens is 1. The summed E-state index contributed by atoms with van der Waals surface area (Å²) in [6, 6.07) is 16.9. The number of ether oxygens (including phenoxy) is 1. The first-order chi connectivity index (χ1) is 12.9. The van der Waals surface area contributed by atoms with Gasteiger partial charge < -0.3 is 4.74 Å².